The minimum Gasteiger partial charge on any atom is -0.492 e. The van der Waals surface area contributed by atoms with Crippen molar-refractivity contribution in [1.82, 2.24) is 10.2 Å². The van der Waals surface area contributed by atoms with Gasteiger partial charge >= 0.3 is 0 Å². The van der Waals surface area contributed by atoms with Crippen LogP contribution < -0.4 is 15.8 Å². The number of nitrogens with one attached hydrogen (secondary N) is 1. The summed E-state index contributed by atoms with van der Waals surface area (Å²) in [5.74, 6) is -0.121. The van der Waals surface area contributed by atoms with Crippen LogP contribution in [0.4, 0.5) is 0 Å². The van der Waals surface area contributed by atoms with Crippen molar-refractivity contribution in [2.75, 3.05) is 19.7 Å². The summed E-state index contributed by atoms with van der Waals surface area (Å²) < 4.78 is 5.76. The second kappa shape index (κ2) is 6.36. The van der Waals surface area contributed by atoms with Crippen LogP contribution in [0, 0.1) is 0 Å². The lowest BCUT2D eigenvalue weighted by Crippen LogP contribution is -2.33. The van der Waals surface area contributed by atoms with Crippen LogP contribution in [0.25, 0.3) is 0 Å². The molecule has 1 saturated carbocycles. The minimum absolute atomic E-state index is 0.157. The smallest absolute Gasteiger partial charge is 0.251 e. The number of amides is 2. The molecule has 6 heteroatoms. The third-order valence-electron chi connectivity index (χ3n) is 4.28. The van der Waals surface area contributed by atoms with E-state index in [1.165, 1.54) is 19.3 Å². The van der Waals surface area contributed by atoms with Gasteiger partial charge in [-0.05, 0) is 37.1 Å². The first kappa shape index (κ1) is 14.8. The number of nitrogens with two attached hydrogens (primary N) is 1. The molecule has 1 saturated heterocycles. The summed E-state index contributed by atoms with van der Waals surface area (Å²) in [6.45, 7) is 1.68. The zero-order valence-electron chi connectivity index (χ0n) is 12.5. The fourth-order valence-corrected chi connectivity index (χ4v) is 2.67. The maximum atomic E-state index is 11.7. The fraction of sp³-hybridized carbons (Fsp3) is 0.500. The molecule has 3 rings (SSSR count). The van der Waals surface area contributed by atoms with Crippen LogP contribution in [-0.4, -0.2) is 48.5 Å². The van der Waals surface area contributed by atoms with Gasteiger partial charge in [0.05, 0.1) is 12.6 Å². The second-order valence-corrected chi connectivity index (χ2v) is 5.92. The summed E-state index contributed by atoms with van der Waals surface area (Å²) in [6, 6.07) is 8.24. The van der Waals surface area contributed by atoms with Crippen molar-refractivity contribution >= 4 is 11.8 Å². The molecule has 2 aliphatic rings. The summed E-state index contributed by atoms with van der Waals surface area (Å²) in [5.41, 5.74) is 5.47. The summed E-state index contributed by atoms with van der Waals surface area (Å²) in [4.78, 5) is 24.9. The molecular formula is C16H21N3O3. The van der Waals surface area contributed by atoms with E-state index < -0.39 is 5.91 Å². The third kappa shape index (κ3) is 3.57. The number of carbonyl (C=O) groups excluding carboxylic acids is 2. The summed E-state index contributed by atoms with van der Waals surface area (Å²) >= 11 is 0. The Morgan fingerprint density at radius 3 is 2.59 bits per heavy atom. The van der Waals surface area contributed by atoms with Gasteiger partial charge in [-0.2, -0.15) is 0 Å². The van der Waals surface area contributed by atoms with E-state index >= 15 is 0 Å². The maximum absolute atomic E-state index is 11.7. The highest BCUT2D eigenvalue weighted by Gasteiger charge is 2.42. The van der Waals surface area contributed by atoms with Crippen molar-refractivity contribution in [1.29, 1.82) is 0 Å². The van der Waals surface area contributed by atoms with E-state index in [0.29, 0.717) is 18.2 Å². The Labute approximate surface area is 129 Å². The highest BCUT2D eigenvalue weighted by Crippen LogP contribution is 2.33. The van der Waals surface area contributed by atoms with Gasteiger partial charge in [-0.25, -0.2) is 0 Å². The third-order valence-corrected chi connectivity index (χ3v) is 4.28. The topological polar surface area (TPSA) is 84.4 Å². The average Bonchev–Trinajstić information content (AvgIpc) is 3.20. The zero-order chi connectivity index (χ0) is 15.5. The molecule has 1 aromatic rings. The predicted molar refractivity (Wildman–Crippen MR) is 81.6 cm³/mol. The highest BCUT2D eigenvalue weighted by molar-refractivity contribution is 5.96. The molecule has 22 heavy (non-hydrogen) atoms. The Hall–Kier alpha value is -2.08. The molecule has 0 spiro atoms. The van der Waals surface area contributed by atoms with Gasteiger partial charge in [0, 0.05) is 18.2 Å². The number of benzene rings is 1. The lowest BCUT2D eigenvalue weighted by atomic mass is 9.93. The van der Waals surface area contributed by atoms with Gasteiger partial charge in [0.15, 0.2) is 0 Å². The maximum Gasteiger partial charge on any atom is 0.251 e. The lowest BCUT2D eigenvalue weighted by molar-refractivity contribution is -0.117. The van der Waals surface area contributed by atoms with Crippen molar-refractivity contribution in [3.05, 3.63) is 29.8 Å². The van der Waals surface area contributed by atoms with Crippen molar-refractivity contribution in [3.63, 3.8) is 0 Å². The Balaban J connectivity index is 1.43. The molecule has 0 bridgehead atoms. The molecular weight excluding hydrogens is 282 g/mol. The van der Waals surface area contributed by atoms with Crippen LogP contribution in [-0.2, 0) is 4.79 Å². The molecule has 118 valence electrons. The van der Waals surface area contributed by atoms with E-state index in [4.69, 9.17) is 10.5 Å². The number of nitrogens with zero attached hydrogens (tertiary/aromatic N) is 1. The van der Waals surface area contributed by atoms with Gasteiger partial charge in [0.25, 0.3) is 5.91 Å². The van der Waals surface area contributed by atoms with E-state index in [1.54, 1.807) is 24.3 Å². The second-order valence-electron chi connectivity index (χ2n) is 5.92. The zero-order valence-corrected chi connectivity index (χ0v) is 12.5. The van der Waals surface area contributed by atoms with E-state index in [9.17, 15) is 9.59 Å². The molecule has 1 heterocycles. The first-order valence-electron chi connectivity index (χ1n) is 7.68. The van der Waals surface area contributed by atoms with Gasteiger partial charge in [-0.3, -0.25) is 14.5 Å². The largest absolute Gasteiger partial charge is 0.492 e. The molecule has 2 fully saturated rings. The molecule has 1 aromatic carbocycles. The van der Waals surface area contributed by atoms with Crippen LogP contribution in [0.2, 0.25) is 0 Å². The number of primary amides is 1. The van der Waals surface area contributed by atoms with Crippen LogP contribution >= 0.6 is 0 Å². The minimum atomic E-state index is -0.561. The lowest BCUT2D eigenvalue weighted by Gasteiger charge is -2.27. The van der Waals surface area contributed by atoms with Crippen LogP contribution in [0.15, 0.2) is 24.3 Å². The van der Waals surface area contributed by atoms with Gasteiger partial charge < -0.3 is 15.8 Å². The monoisotopic (exact) mass is 303 g/mol. The van der Waals surface area contributed by atoms with E-state index in [2.05, 4.69) is 10.2 Å². The van der Waals surface area contributed by atoms with Crippen LogP contribution in [0.3, 0.4) is 0 Å². The number of ether oxygens (including phenoxy) is 1. The highest BCUT2D eigenvalue weighted by atomic mass is 16.5. The normalized spacial score (nSPS) is 23.5. The summed E-state index contributed by atoms with van der Waals surface area (Å²) in [6.07, 6.45) is 4.01. The van der Waals surface area contributed by atoms with Crippen molar-refractivity contribution in [3.8, 4) is 5.75 Å². The summed E-state index contributed by atoms with van der Waals surface area (Å²) in [7, 11) is 0. The Morgan fingerprint density at radius 2 is 2.00 bits per heavy atom. The molecule has 6 nitrogen and oxygen atoms in total. The van der Waals surface area contributed by atoms with E-state index in [-0.39, 0.29) is 12.5 Å². The van der Waals surface area contributed by atoms with Crippen LogP contribution in [0.5, 0.6) is 5.75 Å². The van der Waals surface area contributed by atoms with Gasteiger partial charge in [-0.15, -0.1) is 0 Å². The molecule has 2 atom stereocenters. The molecule has 0 aromatic heterocycles. The quantitative estimate of drug-likeness (QED) is 0.719. The number of carbonyl (C=O) groups is 2. The fourth-order valence-electron chi connectivity index (χ4n) is 2.67. The first-order chi connectivity index (χ1) is 10.6. The molecule has 1 aliphatic carbocycles. The van der Waals surface area contributed by atoms with Crippen molar-refractivity contribution < 1.29 is 14.3 Å². The average molecular weight is 303 g/mol. The Kier molecular flexibility index (Phi) is 4.29. The van der Waals surface area contributed by atoms with Crippen molar-refractivity contribution in [2.45, 2.75) is 31.3 Å². The number of hydrogen-bond acceptors (Lipinski definition) is 4. The SMILES string of the molecule is NC(=O)CNC(=O)c1ccc(OCC2CN2C2CCC2)cc1. The molecule has 2 amide bonds. The van der Waals surface area contributed by atoms with Gasteiger partial charge in [0.2, 0.25) is 5.91 Å². The Morgan fingerprint density at radius 1 is 1.27 bits per heavy atom. The molecule has 1 aliphatic heterocycles. The molecule has 2 unspecified atom stereocenters. The predicted octanol–water partition coefficient (Wildman–Crippen LogP) is 0.517. The van der Waals surface area contributed by atoms with Gasteiger partial charge in [-0.1, -0.05) is 6.42 Å². The molecule has 0 radical (unpaired) electrons. The van der Waals surface area contributed by atoms with Crippen LogP contribution in [0.1, 0.15) is 29.6 Å². The number of rotatable bonds is 7. The van der Waals surface area contributed by atoms with E-state index in [1.807, 2.05) is 0 Å². The molecule has 3 N–H and O–H groups in total. The first-order valence-corrected chi connectivity index (χ1v) is 7.68. The standard InChI is InChI=1S/C16H21N3O3/c17-15(20)8-18-16(21)11-4-6-14(7-5-11)22-10-13-9-19(13)12-2-1-3-12/h4-7,12-13H,1-3,8-10H2,(H2,17,20)(H,18,21). The Bertz CT molecular complexity index is 554. The summed E-state index contributed by atoms with van der Waals surface area (Å²) in [5, 5.41) is 2.45. The van der Waals surface area contributed by atoms with Gasteiger partial charge in [0.1, 0.15) is 12.4 Å². The van der Waals surface area contributed by atoms with Crippen molar-refractivity contribution in [2.24, 2.45) is 5.73 Å². The number of hydrogen-bond donors (Lipinski definition) is 2. The van der Waals surface area contributed by atoms with E-state index in [0.717, 1.165) is 18.3 Å².